The van der Waals surface area contributed by atoms with E-state index in [2.05, 4.69) is 5.32 Å². The zero-order chi connectivity index (χ0) is 32.7. The number of nitro groups is 1. The zero-order valence-electron chi connectivity index (χ0n) is 23.9. The number of anilines is 2. The summed E-state index contributed by atoms with van der Waals surface area (Å²) in [6.45, 7) is 1.50. The van der Waals surface area contributed by atoms with Gasteiger partial charge in [0.1, 0.15) is 17.6 Å². The summed E-state index contributed by atoms with van der Waals surface area (Å²) in [6, 6.07) is 16.5. The normalized spacial score (nSPS) is 18.6. The van der Waals surface area contributed by atoms with E-state index in [-0.39, 0.29) is 18.0 Å². The van der Waals surface area contributed by atoms with E-state index < -0.39 is 62.9 Å². The molecule has 6 rings (SSSR count). The molecule has 4 aromatic rings. The fraction of sp³-hybridized carbons (Fsp3) is 0.194. The zero-order valence-corrected chi connectivity index (χ0v) is 25.5. The Labute approximate surface area is 267 Å². The molecule has 3 atom stereocenters. The minimum absolute atomic E-state index is 0.155. The molecule has 15 heteroatoms. The number of carbonyl (C=O) groups excluding carboxylic acids is 4. The van der Waals surface area contributed by atoms with Gasteiger partial charge in [-0.15, -0.1) is 0 Å². The number of hydrogen-bond donors (Lipinski definition) is 1. The summed E-state index contributed by atoms with van der Waals surface area (Å²) in [5, 5.41) is 13.2. The minimum atomic E-state index is -0.996. The Balaban J connectivity index is 1.33. The fourth-order valence-electron chi connectivity index (χ4n) is 5.51. The lowest BCUT2D eigenvalue weighted by atomic mass is 9.83. The number of rotatable bonds is 8. The quantitative estimate of drug-likeness (QED) is 0.124. The van der Waals surface area contributed by atoms with E-state index in [0.29, 0.717) is 26.7 Å². The van der Waals surface area contributed by atoms with Crippen LogP contribution in [0.15, 0.2) is 82.6 Å². The van der Waals surface area contributed by atoms with Gasteiger partial charge in [-0.05, 0) is 61.0 Å². The van der Waals surface area contributed by atoms with Crippen molar-refractivity contribution in [2.45, 2.75) is 29.7 Å². The molecular weight excluding hydrogens is 639 g/mol. The Morgan fingerprint density at radius 1 is 0.978 bits per heavy atom. The van der Waals surface area contributed by atoms with Crippen LogP contribution in [0.4, 0.5) is 21.5 Å². The largest absolute Gasteiger partial charge is 0.462 e. The molecule has 1 aromatic heterocycles. The van der Waals surface area contributed by atoms with Crippen LogP contribution in [0, 0.1) is 21.8 Å². The topological polar surface area (TPSA) is 158 Å². The molecule has 0 aliphatic carbocycles. The summed E-state index contributed by atoms with van der Waals surface area (Å²) in [4.78, 5) is 77.6. The Bertz CT molecular complexity index is 1940. The van der Waals surface area contributed by atoms with Gasteiger partial charge >= 0.3 is 10.8 Å². The van der Waals surface area contributed by atoms with Gasteiger partial charge in [-0.3, -0.25) is 33.9 Å². The summed E-state index contributed by atoms with van der Waals surface area (Å²) in [7, 11) is 0. The van der Waals surface area contributed by atoms with Gasteiger partial charge in [0.25, 0.3) is 5.69 Å². The van der Waals surface area contributed by atoms with E-state index in [1.807, 2.05) is 0 Å². The average Bonchev–Trinajstić information content (AvgIpc) is 3.48. The van der Waals surface area contributed by atoms with Crippen molar-refractivity contribution in [2.75, 3.05) is 16.8 Å². The third kappa shape index (κ3) is 5.58. The van der Waals surface area contributed by atoms with Crippen LogP contribution in [0.2, 0.25) is 0 Å². The highest BCUT2D eigenvalue weighted by Gasteiger charge is 2.56. The molecule has 0 saturated carbocycles. The number of nitrogens with one attached hydrogen (secondary N) is 1. The number of imide groups is 1. The number of amides is 3. The van der Waals surface area contributed by atoms with Crippen LogP contribution in [0.1, 0.15) is 33.6 Å². The van der Waals surface area contributed by atoms with Crippen LogP contribution < -0.4 is 15.1 Å². The molecule has 3 amide bonds. The van der Waals surface area contributed by atoms with Crippen molar-refractivity contribution in [3.8, 4) is 0 Å². The van der Waals surface area contributed by atoms with Gasteiger partial charge < -0.3 is 10.1 Å². The number of nitrogens with zero attached hydrogens (tertiary/aromatic N) is 3. The van der Waals surface area contributed by atoms with E-state index in [0.717, 1.165) is 28.0 Å². The summed E-state index contributed by atoms with van der Waals surface area (Å²) in [5.41, 5.74) is 1.13. The molecule has 3 heterocycles. The van der Waals surface area contributed by atoms with Gasteiger partial charge in [0.15, 0.2) is 0 Å². The summed E-state index contributed by atoms with van der Waals surface area (Å²) >= 11 is 1.84. The maximum Gasteiger partial charge on any atom is 0.338 e. The van der Waals surface area contributed by atoms with Crippen molar-refractivity contribution in [3.63, 3.8) is 0 Å². The second kappa shape index (κ2) is 12.3. The van der Waals surface area contributed by atoms with E-state index in [1.165, 1.54) is 77.4 Å². The van der Waals surface area contributed by atoms with Gasteiger partial charge in [-0.25, -0.2) is 14.1 Å². The average molecular weight is 663 g/mol. The number of esters is 1. The number of thioether (sulfide) groups is 1. The monoisotopic (exact) mass is 662 g/mol. The molecule has 3 unspecified atom stereocenters. The minimum Gasteiger partial charge on any atom is -0.462 e. The molecule has 2 aliphatic heterocycles. The maximum absolute atomic E-state index is 13.9. The molecule has 12 nitrogen and oxygen atoms in total. The van der Waals surface area contributed by atoms with Gasteiger partial charge in [-0.2, -0.15) is 0 Å². The number of nitro benzene ring substituents is 1. The number of benzene rings is 3. The van der Waals surface area contributed by atoms with Gasteiger partial charge in [0, 0.05) is 28.6 Å². The third-order valence-corrected chi connectivity index (χ3v) is 10.2. The predicted molar refractivity (Wildman–Crippen MR) is 167 cm³/mol. The first kappa shape index (κ1) is 30.9. The smallest absolute Gasteiger partial charge is 0.338 e. The van der Waals surface area contributed by atoms with Crippen LogP contribution in [0.5, 0.6) is 0 Å². The predicted octanol–water partition coefficient (Wildman–Crippen LogP) is 4.57. The lowest BCUT2D eigenvalue weighted by molar-refractivity contribution is -0.384. The molecule has 1 N–H and O–H groups in total. The van der Waals surface area contributed by atoms with Gasteiger partial charge in [0.2, 0.25) is 17.7 Å². The molecular formula is C31H23FN4O8S2. The van der Waals surface area contributed by atoms with Crippen molar-refractivity contribution in [1.29, 1.82) is 0 Å². The van der Waals surface area contributed by atoms with Gasteiger partial charge in [-0.1, -0.05) is 35.2 Å². The van der Waals surface area contributed by atoms with Crippen molar-refractivity contribution in [1.82, 2.24) is 4.57 Å². The molecule has 0 radical (unpaired) electrons. The summed E-state index contributed by atoms with van der Waals surface area (Å²) < 4.78 is 20.1. The van der Waals surface area contributed by atoms with Crippen LogP contribution >= 0.6 is 23.1 Å². The van der Waals surface area contributed by atoms with E-state index >= 15 is 0 Å². The Morgan fingerprint density at radius 2 is 1.65 bits per heavy atom. The number of non-ortho nitro benzene ring substituents is 1. The number of fused-ring (bicyclic) bond motifs is 2. The molecule has 0 bridgehead atoms. The number of aromatic nitrogens is 1. The number of halogens is 1. The Kier molecular flexibility index (Phi) is 8.27. The van der Waals surface area contributed by atoms with E-state index in [1.54, 1.807) is 6.92 Å². The second-order valence-corrected chi connectivity index (χ2v) is 12.5. The molecule has 2 aliphatic rings. The molecule has 46 heavy (non-hydrogen) atoms. The van der Waals surface area contributed by atoms with E-state index in [9.17, 15) is 38.5 Å². The van der Waals surface area contributed by atoms with Crippen LogP contribution in [-0.4, -0.2) is 45.0 Å². The van der Waals surface area contributed by atoms with Gasteiger partial charge in [0.05, 0.1) is 33.7 Å². The Morgan fingerprint density at radius 3 is 2.28 bits per heavy atom. The molecule has 3 aromatic carbocycles. The fourth-order valence-corrected chi connectivity index (χ4v) is 8.28. The van der Waals surface area contributed by atoms with Crippen LogP contribution in [0.25, 0.3) is 0 Å². The lowest BCUT2D eigenvalue weighted by Crippen LogP contribution is -2.33. The summed E-state index contributed by atoms with van der Waals surface area (Å²) in [6.07, 6.45) is 0. The second-order valence-electron chi connectivity index (χ2n) is 10.3. The molecule has 1 fully saturated rings. The highest BCUT2D eigenvalue weighted by Crippen LogP contribution is 2.53. The van der Waals surface area contributed by atoms with Crippen LogP contribution in [0.3, 0.4) is 0 Å². The highest BCUT2D eigenvalue weighted by atomic mass is 32.2. The molecule has 1 saturated heterocycles. The third-order valence-electron chi connectivity index (χ3n) is 7.58. The number of thiazole rings is 1. The van der Waals surface area contributed by atoms with Crippen molar-refractivity contribution in [3.05, 3.63) is 114 Å². The lowest BCUT2D eigenvalue weighted by Gasteiger charge is -2.30. The number of ether oxygens (including phenoxy) is 1. The van der Waals surface area contributed by atoms with E-state index in [4.69, 9.17) is 4.74 Å². The molecule has 234 valence electrons. The first-order chi connectivity index (χ1) is 22.1. The summed E-state index contributed by atoms with van der Waals surface area (Å²) in [5.74, 6) is -4.48. The van der Waals surface area contributed by atoms with Crippen molar-refractivity contribution in [2.24, 2.45) is 5.92 Å². The maximum atomic E-state index is 13.9. The van der Waals surface area contributed by atoms with Crippen molar-refractivity contribution < 1.29 is 33.2 Å². The standard InChI is InChI=1S/C31H23FN4O8S2/c1-2-44-30(40)17-5-9-19(10-6-17)33-22(37)15-34-29-26(46-31(34)41)23(16-3-7-18(32)8-4-16)24-25(45-29)28(39)35(27(24)38)20-11-13-21(14-12-20)36(42)43/h3-14,23-25H,2,15H2,1H3,(H,33,37). The first-order valence-corrected chi connectivity index (χ1v) is 15.6. The first-order valence-electron chi connectivity index (χ1n) is 13.9. The van der Waals surface area contributed by atoms with Crippen LogP contribution in [-0.2, 0) is 25.7 Å². The molecule has 0 spiro atoms. The number of carbonyl (C=O) groups is 4. The Hall–Kier alpha value is -5.15. The SMILES string of the molecule is CCOC(=O)c1ccc(NC(=O)Cn2c3c(sc2=O)C(c2ccc(F)cc2)C2C(=O)N(c4ccc([N+](=O)[O-])cc4)C(=O)C2S3)cc1. The number of hydrogen-bond acceptors (Lipinski definition) is 10. The highest BCUT2D eigenvalue weighted by molar-refractivity contribution is 8.00. The van der Waals surface area contributed by atoms with Crippen molar-refractivity contribution >= 4 is 63.9 Å².